The van der Waals surface area contributed by atoms with Crippen LogP contribution < -0.4 is 16.2 Å². The zero-order chi connectivity index (χ0) is 29.6. The molecule has 6 rings (SSSR count). The molecule has 4 fully saturated rings. The molecule has 42 heavy (non-hydrogen) atoms. The molecule has 3 saturated heterocycles. The SMILES string of the molecule is Cc1cc(C2NNC3CCC(C(=O)N[C@@H]4CC[C@@H](C(=O)N5CC(F)(F)C5)N(Cc5c(F)cccc5F)C4)CC32)ccn1. The summed E-state index contributed by atoms with van der Waals surface area (Å²) >= 11 is 0. The summed E-state index contributed by atoms with van der Waals surface area (Å²) in [6.07, 6.45) is 4.81. The fourth-order valence-electron chi connectivity index (χ4n) is 7.09. The monoisotopic (exact) mass is 588 g/mol. The number of carbonyl (C=O) groups is 2. The third-order valence-electron chi connectivity index (χ3n) is 9.30. The Labute approximate surface area is 242 Å². The van der Waals surface area contributed by atoms with Crippen LogP contribution in [0.25, 0.3) is 0 Å². The average molecular weight is 589 g/mol. The van der Waals surface area contributed by atoms with Gasteiger partial charge in [-0.25, -0.2) is 23.0 Å². The third-order valence-corrected chi connectivity index (χ3v) is 9.30. The Kier molecular flexibility index (Phi) is 7.97. The van der Waals surface area contributed by atoms with Crippen molar-refractivity contribution < 1.29 is 27.2 Å². The molecule has 1 saturated carbocycles. The number of nitrogens with zero attached hydrogens (tertiary/aromatic N) is 3. The van der Waals surface area contributed by atoms with Crippen LogP contribution in [0.1, 0.15) is 55.0 Å². The Morgan fingerprint density at radius 3 is 2.55 bits per heavy atom. The van der Waals surface area contributed by atoms with E-state index in [1.807, 2.05) is 13.0 Å². The van der Waals surface area contributed by atoms with Crippen LogP contribution in [0.3, 0.4) is 0 Å². The zero-order valence-electron chi connectivity index (χ0n) is 23.5. The lowest BCUT2D eigenvalue weighted by Crippen LogP contribution is -2.64. The topological polar surface area (TPSA) is 89.6 Å². The zero-order valence-corrected chi connectivity index (χ0v) is 23.5. The second-order valence-corrected chi connectivity index (χ2v) is 12.3. The molecule has 3 N–H and O–H groups in total. The molecule has 1 aliphatic carbocycles. The van der Waals surface area contributed by atoms with E-state index in [9.17, 15) is 27.2 Å². The van der Waals surface area contributed by atoms with Crippen LogP contribution in [0.15, 0.2) is 36.5 Å². The fraction of sp³-hybridized carbons (Fsp3) is 0.567. The number of likely N-dealkylation sites (tertiary alicyclic amines) is 2. The highest BCUT2D eigenvalue weighted by molar-refractivity contribution is 5.83. The Bertz CT molecular complexity index is 1320. The number of hydrogen-bond donors (Lipinski definition) is 3. The van der Waals surface area contributed by atoms with Gasteiger partial charge in [0.25, 0.3) is 5.92 Å². The third kappa shape index (κ3) is 5.89. The van der Waals surface area contributed by atoms with Crippen molar-refractivity contribution >= 4 is 11.8 Å². The van der Waals surface area contributed by atoms with E-state index < -0.39 is 42.6 Å². The molecule has 2 amide bonds. The van der Waals surface area contributed by atoms with E-state index >= 15 is 0 Å². The first kappa shape index (κ1) is 29.0. The number of fused-ring (bicyclic) bond motifs is 1. The molecule has 2 aromatic rings. The summed E-state index contributed by atoms with van der Waals surface area (Å²) in [6, 6.07) is 6.79. The molecule has 0 radical (unpaired) electrons. The summed E-state index contributed by atoms with van der Waals surface area (Å²) in [4.78, 5) is 33.7. The van der Waals surface area contributed by atoms with Crippen LogP contribution in [0.2, 0.25) is 0 Å². The number of nitrogens with one attached hydrogen (secondary N) is 3. The van der Waals surface area contributed by atoms with E-state index in [-0.39, 0.29) is 60.9 Å². The highest BCUT2D eigenvalue weighted by Crippen LogP contribution is 2.40. The van der Waals surface area contributed by atoms with E-state index in [1.54, 1.807) is 11.1 Å². The molecule has 1 aromatic heterocycles. The van der Waals surface area contributed by atoms with Crippen molar-refractivity contribution in [3.8, 4) is 0 Å². The van der Waals surface area contributed by atoms with E-state index in [4.69, 9.17) is 0 Å². The number of benzene rings is 1. The maximum Gasteiger partial charge on any atom is 0.282 e. The standard InChI is InChI=1S/C30H36F4N6O2/c1-17-11-18(9-10-35-17)27-21-12-19(5-7-25(21)37-38-27)28(41)36-20-6-8-26(29(42)40-15-30(33,34)16-40)39(13-20)14-22-23(31)3-2-4-24(22)32/h2-4,9-11,19-21,25-27,37-38H,5-8,12-16H2,1H3,(H,36,41)/t19?,20-,21?,25?,26+,27?/m1/s1. The van der Waals surface area contributed by atoms with Gasteiger partial charge in [0.05, 0.1) is 25.2 Å². The Morgan fingerprint density at radius 2 is 1.83 bits per heavy atom. The highest BCUT2D eigenvalue weighted by atomic mass is 19.3. The number of carbonyl (C=O) groups excluding carboxylic acids is 2. The number of piperidine rings is 1. The summed E-state index contributed by atoms with van der Waals surface area (Å²) < 4.78 is 56.1. The second kappa shape index (κ2) is 11.5. The Hall–Kier alpha value is -3.09. The molecule has 3 aliphatic heterocycles. The van der Waals surface area contributed by atoms with Crippen LogP contribution >= 0.6 is 0 Å². The van der Waals surface area contributed by atoms with Gasteiger partial charge in [-0.05, 0) is 74.8 Å². The lowest BCUT2D eigenvalue weighted by Gasteiger charge is -2.45. The quantitative estimate of drug-likeness (QED) is 0.450. The predicted molar refractivity (Wildman–Crippen MR) is 146 cm³/mol. The van der Waals surface area contributed by atoms with Crippen molar-refractivity contribution in [3.63, 3.8) is 0 Å². The molecular weight excluding hydrogens is 552 g/mol. The molecule has 0 bridgehead atoms. The predicted octanol–water partition coefficient (Wildman–Crippen LogP) is 3.23. The summed E-state index contributed by atoms with van der Waals surface area (Å²) in [5.74, 6) is -4.91. The summed E-state index contributed by atoms with van der Waals surface area (Å²) in [6.45, 7) is 0.617. The van der Waals surface area contributed by atoms with E-state index in [0.29, 0.717) is 12.8 Å². The number of aromatic nitrogens is 1. The number of pyridine rings is 1. The van der Waals surface area contributed by atoms with Gasteiger partial charge in [0, 0.05) is 48.5 Å². The highest BCUT2D eigenvalue weighted by Gasteiger charge is 2.49. The maximum absolute atomic E-state index is 14.6. The van der Waals surface area contributed by atoms with Gasteiger partial charge in [0.2, 0.25) is 11.8 Å². The normalized spacial score (nSPS) is 30.8. The lowest BCUT2D eigenvalue weighted by molar-refractivity contribution is -0.172. The second-order valence-electron chi connectivity index (χ2n) is 12.3. The molecule has 4 unspecified atom stereocenters. The maximum atomic E-state index is 14.6. The molecule has 0 spiro atoms. The number of halogens is 4. The summed E-state index contributed by atoms with van der Waals surface area (Å²) in [7, 11) is 0. The van der Waals surface area contributed by atoms with E-state index in [2.05, 4.69) is 27.2 Å². The Morgan fingerprint density at radius 1 is 1.07 bits per heavy atom. The Balaban J connectivity index is 1.13. The van der Waals surface area contributed by atoms with Crippen molar-refractivity contribution in [3.05, 3.63) is 65.0 Å². The van der Waals surface area contributed by atoms with Gasteiger partial charge in [0.1, 0.15) is 11.6 Å². The van der Waals surface area contributed by atoms with Crippen molar-refractivity contribution in [2.24, 2.45) is 11.8 Å². The first-order valence-corrected chi connectivity index (χ1v) is 14.7. The van der Waals surface area contributed by atoms with E-state index in [1.165, 1.54) is 6.07 Å². The fourth-order valence-corrected chi connectivity index (χ4v) is 7.09. The van der Waals surface area contributed by atoms with E-state index in [0.717, 1.165) is 41.1 Å². The summed E-state index contributed by atoms with van der Waals surface area (Å²) in [5, 5.41) is 3.14. The number of aryl methyl sites for hydroxylation is 1. The van der Waals surface area contributed by atoms with Gasteiger partial charge < -0.3 is 10.2 Å². The van der Waals surface area contributed by atoms with Gasteiger partial charge in [-0.3, -0.25) is 24.9 Å². The smallest absolute Gasteiger partial charge is 0.282 e. The van der Waals surface area contributed by atoms with Crippen LogP contribution in [-0.2, 0) is 16.1 Å². The van der Waals surface area contributed by atoms with Crippen molar-refractivity contribution in [2.75, 3.05) is 19.6 Å². The minimum Gasteiger partial charge on any atom is -0.352 e. The van der Waals surface area contributed by atoms with Gasteiger partial charge in [-0.15, -0.1) is 0 Å². The number of hydrogen-bond acceptors (Lipinski definition) is 6. The molecule has 8 nitrogen and oxygen atoms in total. The largest absolute Gasteiger partial charge is 0.352 e. The number of amides is 2. The van der Waals surface area contributed by atoms with Crippen molar-refractivity contribution in [2.45, 2.75) is 75.7 Å². The molecule has 12 heteroatoms. The van der Waals surface area contributed by atoms with Gasteiger partial charge in [-0.2, -0.15) is 0 Å². The van der Waals surface area contributed by atoms with Crippen molar-refractivity contribution in [1.82, 2.24) is 31.0 Å². The first-order chi connectivity index (χ1) is 20.1. The molecular formula is C30H36F4N6O2. The van der Waals surface area contributed by atoms with Crippen molar-refractivity contribution in [1.29, 1.82) is 0 Å². The molecule has 1 aromatic carbocycles. The molecule has 226 valence electrons. The number of hydrazine groups is 1. The van der Waals surface area contributed by atoms with Gasteiger partial charge in [-0.1, -0.05) is 6.07 Å². The lowest BCUT2D eigenvalue weighted by atomic mass is 9.74. The number of alkyl halides is 2. The van der Waals surface area contributed by atoms with Crippen LogP contribution in [0.5, 0.6) is 0 Å². The first-order valence-electron chi connectivity index (χ1n) is 14.7. The van der Waals surface area contributed by atoms with Crippen LogP contribution in [-0.4, -0.2) is 70.3 Å². The minimum absolute atomic E-state index is 0.0637. The minimum atomic E-state index is -2.91. The summed E-state index contributed by atoms with van der Waals surface area (Å²) in [5.41, 5.74) is 8.66. The van der Waals surface area contributed by atoms with Crippen LogP contribution in [0.4, 0.5) is 17.6 Å². The van der Waals surface area contributed by atoms with Gasteiger partial charge in [0.15, 0.2) is 0 Å². The molecule has 4 aliphatic rings. The molecule has 4 heterocycles. The average Bonchev–Trinajstić information content (AvgIpc) is 3.37. The molecule has 6 atom stereocenters. The van der Waals surface area contributed by atoms with Crippen LogP contribution in [0, 0.1) is 30.4 Å². The number of rotatable bonds is 6. The van der Waals surface area contributed by atoms with Gasteiger partial charge >= 0.3 is 0 Å².